The predicted molar refractivity (Wildman–Crippen MR) is 96.0 cm³/mol. The van der Waals surface area contributed by atoms with Crippen molar-refractivity contribution in [2.75, 3.05) is 18.4 Å². The highest BCUT2D eigenvalue weighted by atomic mass is 35.5. The molecule has 0 fully saturated rings. The lowest BCUT2D eigenvalue weighted by molar-refractivity contribution is -0.142. The summed E-state index contributed by atoms with van der Waals surface area (Å²) < 4.78 is 37.2. The second-order valence-electron chi connectivity index (χ2n) is 5.06. The van der Waals surface area contributed by atoms with E-state index in [9.17, 15) is 13.2 Å². The largest absolute Gasteiger partial charge is 0.482 e. The SMILES string of the molecule is COC(=O)COc1ccc(S(=O)(=O)Nc2cc(Cl)cc(Cl)c2)cc1C. The summed E-state index contributed by atoms with van der Waals surface area (Å²) in [4.78, 5) is 11.1. The van der Waals surface area contributed by atoms with Gasteiger partial charge in [0, 0.05) is 10.0 Å². The Morgan fingerprint density at radius 3 is 2.32 bits per heavy atom. The van der Waals surface area contributed by atoms with Crippen LogP contribution in [-0.4, -0.2) is 28.1 Å². The van der Waals surface area contributed by atoms with E-state index in [2.05, 4.69) is 9.46 Å². The van der Waals surface area contributed by atoms with Crippen molar-refractivity contribution in [1.29, 1.82) is 0 Å². The van der Waals surface area contributed by atoms with Crippen LogP contribution in [0, 0.1) is 6.92 Å². The van der Waals surface area contributed by atoms with Crippen molar-refractivity contribution in [3.63, 3.8) is 0 Å². The van der Waals surface area contributed by atoms with Crippen molar-refractivity contribution in [2.24, 2.45) is 0 Å². The first-order valence-electron chi connectivity index (χ1n) is 7.00. The number of methoxy groups -OCH3 is 1. The summed E-state index contributed by atoms with van der Waals surface area (Å²) in [5.41, 5.74) is 0.803. The molecule has 1 N–H and O–H groups in total. The molecule has 0 saturated heterocycles. The zero-order chi connectivity index (χ0) is 18.6. The molecule has 0 unspecified atom stereocenters. The molecule has 0 atom stereocenters. The third kappa shape index (κ3) is 5.26. The van der Waals surface area contributed by atoms with Gasteiger partial charge in [-0.1, -0.05) is 23.2 Å². The van der Waals surface area contributed by atoms with Crippen LogP contribution in [0.3, 0.4) is 0 Å². The highest BCUT2D eigenvalue weighted by Gasteiger charge is 2.17. The molecule has 25 heavy (non-hydrogen) atoms. The molecule has 0 aliphatic rings. The second kappa shape index (κ2) is 7.95. The van der Waals surface area contributed by atoms with Gasteiger partial charge in [-0.3, -0.25) is 4.72 Å². The van der Waals surface area contributed by atoms with Crippen molar-refractivity contribution in [3.05, 3.63) is 52.0 Å². The third-order valence-corrected chi connectivity index (χ3v) is 4.96. The molecule has 0 aliphatic heterocycles. The Morgan fingerprint density at radius 1 is 1.12 bits per heavy atom. The fourth-order valence-corrected chi connectivity index (χ4v) is 3.62. The Balaban J connectivity index is 2.21. The summed E-state index contributed by atoms with van der Waals surface area (Å²) in [6.07, 6.45) is 0. The van der Waals surface area contributed by atoms with E-state index in [0.29, 0.717) is 21.4 Å². The van der Waals surface area contributed by atoms with Crippen LogP contribution in [-0.2, 0) is 19.6 Å². The summed E-state index contributed by atoms with van der Waals surface area (Å²) in [5.74, 6) is -0.147. The number of sulfonamides is 1. The molecule has 0 heterocycles. The Bertz CT molecular complexity index is 879. The van der Waals surface area contributed by atoms with Gasteiger partial charge in [-0.2, -0.15) is 0 Å². The van der Waals surface area contributed by atoms with Gasteiger partial charge in [0.05, 0.1) is 17.7 Å². The van der Waals surface area contributed by atoms with E-state index < -0.39 is 16.0 Å². The first-order valence-corrected chi connectivity index (χ1v) is 9.24. The summed E-state index contributed by atoms with van der Waals surface area (Å²) in [6, 6.07) is 8.67. The molecule has 0 spiro atoms. The van der Waals surface area contributed by atoms with Crippen LogP contribution < -0.4 is 9.46 Å². The summed E-state index contributed by atoms with van der Waals surface area (Å²) >= 11 is 11.7. The maximum atomic E-state index is 12.5. The molecule has 134 valence electrons. The van der Waals surface area contributed by atoms with E-state index in [1.54, 1.807) is 6.92 Å². The first-order chi connectivity index (χ1) is 11.7. The zero-order valence-electron chi connectivity index (χ0n) is 13.4. The van der Waals surface area contributed by atoms with Crippen LogP contribution in [0.25, 0.3) is 0 Å². The van der Waals surface area contributed by atoms with Crippen molar-refractivity contribution < 1.29 is 22.7 Å². The fraction of sp³-hybridized carbons (Fsp3) is 0.188. The summed E-state index contributed by atoms with van der Waals surface area (Å²) in [6.45, 7) is 1.41. The second-order valence-corrected chi connectivity index (χ2v) is 7.61. The molecule has 0 saturated carbocycles. The number of nitrogens with one attached hydrogen (secondary N) is 1. The standard InChI is InChI=1S/C16H15Cl2NO5S/c1-10-5-14(3-4-15(10)24-9-16(20)23-2)25(21,22)19-13-7-11(17)6-12(18)8-13/h3-8,19H,9H2,1-2H3. The number of anilines is 1. The number of halogens is 2. The van der Waals surface area contributed by atoms with E-state index in [-0.39, 0.29) is 17.2 Å². The summed E-state index contributed by atoms with van der Waals surface area (Å²) in [5, 5.41) is 0.626. The summed E-state index contributed by atoms with van der Waals surface area (Å²) in [7, 11) is -2.58. The van der Waals surface area contributed by atoms with Gasteiger partial charge in [-0.25, -0.2) is 13.2 Å². The lowest BCUT2D eigenvalue weighted by Crippen LogP contribution is -2.15. The average molecular weight is 404 g/mol. The van der Waals surface area contributed by atoms with E-state index in [1.807, 2.05) is 0 Å². The van der Waals surface area contributed by atoms with E-state index in [0.717, 1.165) is 0 Å². The number of rotatable bonds is 6. The lowest BCUT2D eigenvalue weighted by atomic mass is 10.2. The maximum Gasteiger partial charge on any atom is 0.343 e. The minimum absolute atomic E-state index is 0.0338. The van der Waals surface area contributed by atoms with Crippen LogP contribution in [0.1, 0.15) is 5.56 Å². The molecule has 6 nitrogen and oxygen atoms in total. The van der Waals surface area contributed by atoms with Gasteiger partial charge in [-0.05, 0) is 48.9 Å². The van der Waals surface area contributed by atoms with Crippen molar-refractivity contribution >= 4 is 44.9 Å². The molecule has 0 radical (unpaired) electrons. The maximum absolute atomic E-state index is 12.5. The molecule has 2 rings (SSSR count). The van der Waals surface area contributed by atoms with Gasteiger partial charge in [0.2, 0.25) is 0 Å². The quantitative estimate of drug-likeness (QED) is 0.744. The molecule has 0 aliphatic carbocycles. The Morgan fingerprint density at radius 2 is 1.76 bits per heavy atom. The number of benzene rings is 2. The number of ether oxygens (including phenoxy) is 2. The molecular formula is C16H15Cl2NO5S. The molecule has 2 aromatic rings. The van der Waals surface area contributed by atoms with Crippen molar-refractivity contribution in [2.45, 2.75) is 11.8 Å². The Kier molecular flexibility index (Phi) is 6.16. The Hall–Kier alpha value is -1.96. The van der Waals surface area contributed by atoms with Gasteiger partial charge in [0.15, 0.2) is 6.61 Å². The van der Waals surface area contributed by atoms with Gasteiger partial charge in [0.1, 0.15) is 5.75 Å². The molecule has 0 amide bonds. The lowest BCUT2D eigenvalue weighted by Gasteiger charge is -2.12. The number of hydrogen-bond acceptors (Lipinski definition) is 5. The number of carbonyl (C=O) groups is 1. The topological polar surface area (TPSA) is 81.7 Å². The monoisotopic (exact) mass is 403 g/mol. The third-order valence-electron chi connectivity index (χ3n) is 3.14. The molecule has 2 aromatic carbocycles. The van der Waals surface area contributed by atoms with Gasteiger partial charge in [-0.15, -0.1) is 0 Å². The van der Waals surface area contributed by atoms with E-state index in [1.165, 1.54) is 43.5 Å². The minimum Gasteiger partial charge on any atom is -0.482 e. The molecule has 0 aromatic heterocycles. The molecule has 0 bridgehead atoms. The molecular weight excluding hydrogens is 389 g/mol. The minimum atomic E-state index is -3.84. The fourth-order valence-electron chi connectivity index (χ4n) is 1.97. The number of carbonyl (C=O) groups excluding carboxylic acids is 1. The van der Waals surface area contributed by atoms with Crippen LogP contribution in [0.15, 0.2) is 41.3 Å². The number of hydrogen-bond donors (Lipinski definition) is 1. The van der Waals surface area contributed by atoms with Gasteiger partial charge in [0.25, 0.3) is 10.0 Å². The predicted octanol–water partition coefficient (Wildman–Crippen LogP) is 3.65. The van der Waals surface area contributed by atoms with Crippen LogP contribution >= 0.6 is 23.2 Å². The first kappa shape index (κ1) is 19.4. The number of aryl methyl sites for hydroxylation is 1. The van der Waals surface area contributed by atoms with E-state index >= 15 is 0 Å². The molecule has 9 heteroatoms. The van der Waals surface area contributed by atoms with Crippen LogP contribution in [0.4, 0.5) is 5.69 Å². The Labute approximate surface area is 155 Å². The van der Waals surface area contributed by atoms with Gasteiger partial charge >= 0.3 is 5.97 Å². The van der Waals surface area contributed by atoms with Crippen molar-refractivity contribution in [3.8, 4) is 5.75 Å². The van der Waals surface area contributed by atoms with Crippen molar-refractivity contribution in [1.82, 2.24) is 0 Å². The highest BCUT2D eigenvalue weighted by Crippen LogP contribution is 2.26. The number of esters is 1. The smallest absolute Gasteiger partial charge is 0.343 e. The van der Waals surface area contributed by atoms with Crippen LogP contribution in [0.2, 0.25) is 10.0 Å². The van der Waals surface area contributed by atoms with Gasteiger partial charge < -0.3 is 9.47 Å². The zero-order valence-corrected chi connectivity index (χ0v) is 15.7. The normalized spacial score (nSPS) is 11.0. The highest BCUT2D eigenvalue weighted by molar-refractivity contribution is 7.92. The van der Waals surface area contributed by atoms with Crippen LogP contribution in [0.5, 0.6) is 5.75 Å². The average Bonchev–Trinajstić information content (AvgIpc) is 2.51. The van der Waals surface area contributed by atoms with E-state index in [4.69, 9.17) is 27.9 Å².